The van der Waals surface area contributed by atoms with Crippen LogP contribution in [0.25, 0.3) is 0 Å². The number of nitro benzene ring substituents is 1. The molecule has 0 saturated carbocycles. The summed E-state index contributed by atoms with van der Waals surface area (Å²) >= 11 is 0. The van der Waals surface area contributed by atoms with E-state index in [0.29, 0.717) is 12.1 Å². The Labute approximate surface area is 96.4 Å². The van der Waals surface area contributed by atoms with Crippen molar-refractivity contribution in [3.63, 3.8) is 0 Å². The standard InChI is InChI=1S/C10H9N3O4/c14-10-12(5-6-17-10)11-7-8-3-1-2-4-9(8)13(15)16/h1-4,7H,5-6H2. The number of benzene rings is 1. The van der Waals surface area contributed by atoms with Crippen LogP contribution in [-0.2, 0) is 4.74 Å². The van der Waals surface area contributed by atoms with Crippen LogP contribution in [0.15, 0.2) is 29.4 Å². The molecule has 1 heterocycles. The SMILES string of the molecule is O=C1OCCN1N=Cc1ccccc1[N+](=O)[O-]. The Morgan fingerprint density at radius 2 is 2.24 bits per heavy atom. The van der Waals surface area contributed by atoms with Gasteiger partial charge in [-0.25, -0.2) is 4.79 Å². The molecule has 0 atom stereocenters. The maximum absolute atomic E-state index is 11.1. The molecule has 0 radical (unpaired) electrons. The number of hydrazone groups is 1. The molecule has 1 aromatic carbocycles. The van der Waals surface area contributed by atoms with Crippen LogP contribution in [0, 0.1) is 10.1 Å². The van der Waals surface area contributed by atoms with Gasteiger partial charge in [-0.3, -0.25) is 10.1 Å². The lowest BCUT2D eigenvalue weighted by molar-refractivity contribution is -0.385. The smallest absolute Gasteiger partial charge is 0.430 e. The van der Waals surface area contributed by atoms with Gasteiger partial charge in [0.05, 0.1) is 23.2 Å². The molecule has 1 fully saturated rings. The monoisotopic (exact) mass is 235 g/mol. The first-order chi connectivity index (χ1) is 8.18. The van der Waals surface area contributed by atoms with Crippen molar-refractivity contribution in [2.75, 3.05) is 13.2 Å². The van der Waals surface area contributed by atoms with E-state index < -0.39 is 11.0 Å². The summed E-state index contributed by atoms with van der Waals surface area (Å²) in [6, 6.07) is 6.17. The van der Waals surface area contributed by atoms with E-state index in [9.17, 15) is 14.9 Å². The predicted octanol–water partition coefficient (Wildman–Crippen LogP) is 1.38. The van der Waals surface area contributed by atoms with Crippen LogP contribution in [0.2, 0.25) is 0 Å². The molecule has 0 bridgehead atoms. The molecule has 0 N–H and O–H groups in total. The number of ether oxygens (including phenoxy) is 1. The number of carbonyl (C=O) groups excluding carboxylic acids is 1. The first-order valence-electron chi connectivity index (χ1n) is 4.90. The molecule has 2 rings (SSSR count). The number of hydrogen-bond acceptors (Lipinski definition) is 5. The lowest BCUT2D eigenvalue weighted by atomic mass is 10.2. The van der Waals surface area contributed by atoms with Crippen molar-refractivity contribution in [2.45, 2.75) is 0 Å². The summed E-state index contributed by atoms with van der Waals surface area (Å²) in [6.07, 6.45) is 0.741. The molecule has 1 amide bonds. The quantitative estimate of drug-likeness (QED) is 0.450. The molecule has 0 unspecified atom stereocenters. The topological polar surface area (TPSA) is 85.0 Å². The predicted molar refractivity (Wildman–Crippen MR) is 58.7 cm³/mol. The zero-order valence-corrected chi connectivity index (χ0v) is 8.78. The molecular formula is C10H9N3O4. The van der Waals surface area contributed by atoms with E-state index in [0.717, 1.165) is 5.01 Å². The molecule has 0 aromatic heterocycles. The summed E-state index contributed by atoms with van der Waals surface area (Å²) in [6.45, 7) is 0.642. The van der Waals surface area contributed by atoms with Gasteiger partial charge < -0.3 is 4.74 Å². The Bertz CT molecular complexity index is 486. The third kappa shape index (κ3) is 2.39. The lowest BCUT2D eigenvalue weighted by Gasteiger charge is -2.03. The summed E-state index contributed by atoms with van der Waals surface area (Å²) in [5, 5.41) is 15.7. The zero-order valence-electron chi connectivity index (χ0n) is 8.78. The second-order valence-corrected chi connectivity index (χ2v) is 3.30. The van der Waals surface area contributed by atoms with E-state index in [1.54, 1.807) is 18.2 Å². The highest BCUT2D eigenvalue weighted by Crippen LogP contribution is 2.15. The van der Waals surface area contributed by atoms with Gasteiger partial charge in [0, 0.05) is 6.07 Å². The van der Waals surface area contributed by atoms with Crippen molar-refractivity contribution in [1.82, 2.24) is 5.01 Å². The molecule has 1 aliphatic heterocycles. The molecule has 0 aliphatic carbocycles. The Kier molecular flexibility index (Phi) is 2.99. The van der Waals surface area contributed by atoms with Crippen molar-refractivity contribution in [1.29, 1.82) is 0 Å². The van der Waals surface area contributed by atoms with Gasteiger partial charge in [-0.15, -0.1) is 0 Å². The summed E-state index contributed by atoms with van der Waals surface area (Å²) in [5.41, 5.74) is 0.293. The fourth-order valence-corrected chi connectivity index (χ4v) is 1.38. The number of nitrogens with zero attached hydrogens (tertiary/aromatic N) is 3. The van der Waals surface area contributed by atoms with Crippen LogP contribution in [-0.4, -0.2) is 35.4 Å². The van der Waals surface area contributed by atoms with E-state index in [-0.39, 0.29) is 12.3 Å². The average molecular weight is 235 g/mol. The van der Waals surface area contributed by atoms with Gasteiger partial charge in [-0.1, -0.05) is 12.1 Å². The molecule has 7 heteroatoms. The van der Waals surface area contributed by atoms with Crippen molar-refractivity contribution >= 4 is 18.0 Å². The highest BCUT2D eigenvalue weighted by Gasteiger charge is 2.21. The first-order valence-corrected chi connectivity index (χ1v) is 4.90. The fourth-order valence-electron chi connectivity index (χ4n) is 1.38. The summed E-state index contributed by atoms with van der Waals surface area (Å²) in [4.78, 5) is 21.3. The fraction of sp³-hybridized carbons (Fsp3) is 0.200. The van der Waals surface area contributed by atoms with E-state index in [4.69, 9.17) is 0 Å². The Hall–Kier alpha value is -2.44. The van der Waals surface area contributed by atoms with E-state index in [1.807, 2.05) is 0 Å². The molecule has 88 valence electrons. The van der Waals surface area contributed by atoms with Crippen LogP contribution in [0.4, 0.5) is 10.5 Å². The van der Waals surface area contributed by atoms with Crippen LogP contribution in [0.1, 0.15) is 5.56 Å². The number of nitro groups is 1. The van der Waals surface area contributed by atoms with Crippen LogP contribution >= 0.6 is 0 Å². The van der Waals surface area contributed by atoms with Gasteiger partial charge in [0.15, 0.2) is 0 Å². The molecule has 1 saturated heterocycles. The largest absolute Gasteiger partial charge is 0.446 e. The van der Waals surface area contributed by atoms with Crippen molar-refractivity contribution < 1.29 is 14.5 Å². The van der Waals surface area contributed by atoms with Gasteiger partial charge in [-0.05, 0) is 6.07 Å². The zero-order chi connectivity index (χ0) is 12.3. The lowest BCUT2D eigenvalue weighted by Crippen LogP contribution is -2.17. The van der Waals surface area contributed by atoms with Crippen LogP contribution < -0.4 is 0 Å². The van der Waals surface area contributed by atoms with Gasteiger partial charge in [0.2, 0.25) is 0 Å². The maximum Gasteiger partial charge on any atom is 0.430 e. The number of para-hydroxylation sites is 1. The number of carbonyl (C=O) groups is 1. The minimum absolute atomic E-state index is 0.0520. The Morgan fingerprint density at radius 3 is 2.88 bits per heavy atom. The van der Waals surface area contributed by atoms with Crippen molar-refractivity contribution in [3.8, 4) is 0 Å². The van der Waals surface area contributed by atoms with E-state index in [2.05, 4.69) is 9.84 Å². The van der Waals surface area contributed by atoms with Crippen LogP contribution in [0.5, 0.6) is 0 Å². The van der Waals surface area contributed by atoms with Gasteiger partial charge in [0.25, 0.3) is 5.69 Å². The maximum atomic E-state index is 11.1. The van der Waals surface area contributed by atoms with Gasteiger partial charge in [0.1, 0.15) is 6.61 Å². The third-order valence-corrected chi connectivity index (χ3v) is 2.21. The number of hydrogen-bond donors (Lipinski definition) is 0. The minimum atomic E-state index is -0.542. The minimum Gasteiger partial charge on any atom is -0.446 e. The van der Waals surface area contributed by atoms with Gasteiger partial charge >= 0.3 is 6.09 Å². The summed E-state index contributed by atoms with van der Waals surface area (Å²) in [7, 11) is 0. The second-order valence-electron chi connectivity index (χ2n) is 3.30. The van der Waals surface area contributed by atoms with E-state index in [1.165, 1.54) is 12.3 Å². The third-order valence-electron chi connectivity index (χ3n) is 2.21. The summed E-state index contributed by atoms with van der Waals surface area (Å²) < 4.78 is 4.67. The number of cyclic esters (lactones) is 1. The van der Waals surface area contributed by atoms with Gasteiger partial charge in [-0.2, -0.15) is 10.1 Å². The Morgan fingerprint density at radius 1 is 1.47 bits per heavy atom. The average Bonchev–Trinajstić information content (AvgIpc) is 2.72. The van der Waals surface area contributed by atoms with Crippen LogP contribution in [0.3, 0.4) is 0 Å². The molecule has 1 aromatic rings. The highest BCUT2D eigenvalue weighted by molar-refractivity contribution is 5.86. The number of rotatable bonds is 3. The highest BCUT2D eigenvalue weighted by atomic mass is 16.6. The molecule has 17 heavy (non-hydrogen) atoms. The molecule has 7 nitrogen and oxygen atoms in total. The number of amides is 1. The normalized spacial score (nSPS) is 15.3. The van der Waals surface area contributed by atoms with E-state index >= 15 is 0 Å². The molecule has 1 aliphatic rings. The summed E-state index contributed by atoms with van der Waals surface area (Å²) in [5.74, 6) is 0. The Balaban J connectivity index is 2.20. The van der Waals surface area contributed by atoms with Crippen molar-refractivity contribution in [2.24, 2.45) is 5.10 Å². The second kappa shape index (κ2) is 4.60. The first kappa shape index (κ1) is 11.1. The van der Waals surface area contributed by atoms with Crippen molar-refractivity contribution in [3.05, 3.63) is 39.9 Å². The molecular weight excluding hydrogens is 226 g/mol. The molecule has 0 spiro atoms.